The zero-order valence-corrected chi connectivity index (χ0v) is 9.35. The lowest BCUT2D eigenvalue weighted by Gasteiger charge is -2.40. The largest absolute Gasteiger partial charge is 0.389 e. The molecule has 1 saturated carbocycles. The Morgan fingerprint density at radius 3 is 2.08 bits per heavy atom. The van der Waals surface area contributed by atoms with Crippen molar-refractivity contribution in [3.8, 4) is 0 Å². The van der Waals surface area contributed by atoms with Gasteiger partial charge in [0.2, 0.25) is 0 Å². The summed E-state index contributed by atoms with van der Waals surface area (Å²) in [6.07, 6.45) is 3.67. The van der Waals surface area contributed by atoms with Crippen LogP contribution < -0.4 is 5.32 Å². The molecule has 1 atom stereocenters. The van der Waals surface area contributed by atoms with E-state index in [-0.39, 0.29) is 5.54 Å². The summed E-state index contributed by atoms with van der Waals surface area (Å²) in [5.74, 6) is 0.516. The Morgan fingerprint density at radius 1 is 1.23 bits per heavy atom. The topological polar surface area (TPSA) is 32.3 Å². The first kappa shape index (κ1) is 11.0. The molecule has 0 aromatic rings. The highest BCUT2D eigenvalue weighted by Crippen LogP contribution is 2.35. The average Bonchev–Trinajstić information content (AvgIpc) is 1.77. The number of hydrogen-bond donors (Lipinski definition) is 2. The molecule has 0 heterocycles. The Labute approximate surface area is 81.7 Å². The minimum absolute atomic E-state index is 0.105. The smallest absolute Gasteiger partial charge is 0.0771 e. The van der Waals surface area contributed by atoms with Gasteiger partial charge >= 0.3 is 0 Å². The van der Waals surface area contributed by atoms with Gasteiger partial charge < -0.3 is 10.4 Å². The Kier molecular flexibility index (Phi) is 3.03. The van der Waals surface area contributed by atoms with Crippen LogP contribution in [0, 0.1) is 5.92 Å². The second-order valence-corrected chi connectivity index (χ2v) is 5.59. The summed E-state index contributed by atoms with van der Waals surface area (Å²) in [5, 5.41) is 13.5. The first-order valence-corrected chi connectivity index (χ1v) is 5.29. The molecule has 0 spiro atoms. The highest BCUT2D eigenvalue weighted by Gasteiger charge is 2.36. The van der Waals surface area contributed by atoms with Crippen molar-refractivity contribution in [1.29, 1.82) is 0 Å². The highest BCUT2D eigenvalue weighted by atomic mass is 16.3. The highest BCUT2D eigenvalue weighted by molar-refractivity contribution is 4.90. The standard InChI is InChI=1S/C11H23NO/c1-10(2,3)12-8-11(4,13)9-6-5-7-9/h9,12-13H,5-8H2,1-4H3. The number of aliphatic hydroxyl groups is 1. The Balaban J connectivity index is 2.33. The third kappa shape index (κ3) is 3.28. The molecule has 78 valence electrons. The third-order valence-corrected chi connectivity index (χ3v) is 2.96. The molecule has 0 bridgehead atoms. The number of β-amino-alcohol motifs (C(OH)–C–C–N with tert-alkyl or cyclic N) is 1. The molecule has 2 N–H and O–H groups in total. The number of nitrogens with one attached hydrogen (secondary N) is 1. The summed E-state index contributed by atoms with van der Waals surface area (Å²) in [4.78, 5) is 0. The van der Waals surface area contributed by atoms with Crippen molar-refractivity contribution in [2.45, 2.75) is 58.1 Å². The van der Waals surface area contributed by atoms with Gasteiger partial charge in [-0.15, -0.1) is 0 Å². The molecule has 0 radical (unpaired) electrons. The molecule has 1 aliphatic rings. The van der Waals surface area contributed by atoms with Gasteiger partial charge in [-0.2, -0.15) is 0 Å². The van der Waals surface area contributed by atoms with Crippen LogP contribution in [-0.4, -0.2) is 22.8 Å². The van der Waals surface area contributed by atoms with Crippen molar-refractivity contribution < 1.29 is 5.11 Å². The van der Waals surface area contributed by atoms with Crippen LogP contribution in [0.2, 0.25) is 0 Å². The van der Waals surface area contributed by atoms with Gasteiger partial charge in [-0.05, 0) is 46.5 Å². The van der Waals surface area contributed by atoms with Crippen LogP contribution in [0.5, 0.6) is 0 Å². The maximum absolute atomic E-state index is 10.1. The molecule has 0 aromatic carbocycles. The number of hydrogen-bond acceptors (Lipinski definition) is 2. The monoisotopic (exact) mass is 185 g/mol. The lowest BCUT2D eigenvalue weighted by Crippen LogP contribution is -2.51. The van der Waals surface area contributed by atoms with Crippen molar-refractivity contribution >= 4 is 0 Å². The van der Waals surface area contributed by atoms with E-state index in [1.165, 1.54) is 19.3 Å². The van der Waals surface area contributed by atoms with Crippen molar-refractivity contribution in [3.05, 3.63) is 0 Å². The molecule has 2 heteroatoms. The summed E-state index contributed by atoms with van der Waals surface area (Å²) < 4.78 is 0. The molecule has 1 aliphatic carbocycles. The van der Waals surface area contributed by atoms with E-state index in [1.54, 1.807) is 0 Å². The average molecular weight is 185 g/mol. The van der Waals surface area contributed by atoms with Gasteiger partial charge in [0.25, 0.3) is 0 Å². The minimum Gasteiger partial charge on any atom is -0.389 e. The van der Waals surface area contributed by atoms with Crippen LogP contribution in [0.25, 0.3) is 0 Å². The second kappa shape index (κ2) is 3.58. The lowest BCUT2D eigenvalue weighted by atomic mass is 9.73. The van der Waals surface area contributed by atoms with E-state index in [9.17, 15) is 5.11 Å². The fraction of sp³-hybridized carbons (Fsp3) is 1.00. The fourth-order valence-electron chi connectivity index (χ4n) is 1.62. The van der Waals surface area contributed by atoms with Crippen molar-refractivity contribution in [1.82, 2.24) is 5.32 Å². The predicted octanol–water partition coefficient (Wildman–Crippen LogP) is 1.93. The SMILES string of the molecule is CC(C)(C)NCC(C)(O)C1CCC1. The first-order chi connectivity index (χ1) is 5.81. The zero-order valence-electron chi connectivity index (χ0n) is 9.35. The van der Waals surface area contributed by atoms with E-state index in [0.29, 0.717) is 12.5 Å². The molecule has 0 aromatic heterocycles. The Hall–Kier alpha value is -0.0800. The zero-order chi connectivity index (χ0) is 10.1. The molecule has 13 heavy (non-hydrogen) atoms. The summed E-state index contributed by atoms with van der Waals surface area (Å²) in [5.41, 5.74) is -0.404. The van der Waals surface area contributed by atoms with E-state index in [1.807, 2.05) is 6.92 Å². The molecular formula is C11H23NO. The normalized spacial score (nSPS) is 23.8. The van der Waals surface area contributed by atoms with Gasteiger partial charge in [-0.1, -0.05) is 6.42 Å². The van der Waals surface area contributed by atoms with Crippen LogP contribution in [0.3, 0.4) is 0 Å². The van der Waals surface area contributed by atoms with E-state index in [0.717, 1.165) is 0 Å². The van der Waals surface area contributed by atoms with Crippen LogP contribution >= 0.6 is 0 Å². The van der Waals surface area contributed by atoms with Crippen molar-refractivity contribution in [3.63, 3.8) is 0 Å². The van der Waals surface area contributed by atoms with Gasteiger partial charge in [0.15, 0.2) is 0 Å². The molecule has 0 saturated heterocycles. The second-order valence-electron chi connectivity index (χ2n) is 5.59. The maximum atomic E-state index is 10.1. The first-order valence-electron chi connectivity index (χ1n) is 5.29. The summed E-state index contributed by atoms with van der Waals surface area (Å²) in [7, 11) is 0. The Bertz CT molecular complexity index is 165. The van der Waals surface area contributed by atoms with Crippen LogP contribution in [0.1, 0.15) is 47.0 Å². The van der Waals surface area contributed by atoms with Crippen molar-refractivity contribution in [2.75, 3.05) is 6.54 Å². The van der Waals surface area contributed by atoms with Gasteiger partial charge in [0.05, 0.1) is 5.60 Å². The number of rotatable bonds is 3. The lowest BCUT2D eigenvalue weighted by molar-refractivity contribution is -0.0367. The van der Waals surface area contributed by atoms with Gasteiger partial charge in [-0.25, -0.2) is 0 Å². The van der Waals surface area contributed by atoms with Gasteiger partial charge in [0, 0.05) is 12.1 Å². The Morgan fingerprint density at radius 2 is 1.77 bits per heavy atom. The molecule has 1 rings (SSSR count). The molecule has 2 nitrogen and oxygen atoms in total. The van der Waals surface area contributed by atoms with Crippen molar-refractivity contribution in [2.24, 2.45) is 5.92 Å². The van der Waals surface area contributed by atoms with Crippen LogP contribution in [-0.2, 0) is 0 Å². The van der Waals surface area contributed by atoms with Gasteiger partial charge in [-0.3, -0.25) is 0 Å². The molecule has 1 unspecified atom stereocenters. The maximum Gasteiger partial charge on any atom is 0.0771 e. The van der Waals surface area contributed by atoms with Crippen LogP contribution in [0.4, 0.5) is 0 Å². The van der Waals surface area contributed by atoms with E-state index >= 15 is 0 Å². The van der Waals surface area contributed by atoms with E-state index in [4.69, 9.17) is 0 Å². The molecule has 0 amide bonds. The van der Waals surface area contributed by atoms with E-state index < -0.39 is 5.60 Å². The van der Waals surface area contributed by atoms with Crippen LogP contribution in [0.15, 0.2) is 0 Å². The van der Waals surface area contributed by atoms with E-state index in [2.05, 4.69) is 26.1 Å². The molecule has 0 aliphatic heterocycles. The molecule has 1 fully saturated rings. The summed E-state index contributed by atoms with van der Waals surface area (Å²) in [6.45, 7) is 9.05. The summed E-state index contributed by atoms with van der Waals surface area (Å²) in [6, 6.07) is 0. The predicted molar refractivity (Wildman–Crippen MR) is 55.7 cm³/mol. The summed E-state index contributed by atoms with van der Waals surface area (Å²) >= 11 is 0. The molecular weight excluding hydrogens is 162 g/mol. The quantitative estimate of drug-likeness (QED) is 0.704. The van der Waals surface area contributed by atoms with Gasteiger partial charge in [0.1, 0.15) is 0 Å². The fourth-order valence-corrected chi connectivity index (χ4v) is 1.62. The minimum atomic E-state index is -0.508. The third-order valence-electron chi connectivity index (χ3n) is 2.96.